The van der Waals surface area contributed by atoms with Crippen molar-refractivity contribution in [2.75, 3.05) is 18.0 Å². The lowest BCUT2D eigenvalue weighted by Gasteiger charge is -2.19. The molecule has 4 heterocycles. The zero-order valence-electron chi connectivity index (χ0n) is 12.8. The molecular formula is C16H18N6. The maximum absolute atomic E-state index is 4.75. The fourth-order valence-electron chi connectivity index (χ4n) is 2.96. The molecular weight excluding hydrogens is 276 g/mol. The predicted octanol–water partition coefficient (Wildman–Crippen LogP) is 2.42. The van der Waals surface area contributed by atoms with Crippen LogP contribution in [0.2, 0.25) is 0 Å². The van der Waals surface area contributed by atoms with Crippen LogP contribution < -0.4 is 4.90 Å². The molecule has 3 aromatic rings. The van der Waals surface area contributed by atoms with Crippen molar-refractivity contribution in [3.05, 3.63) is 36.8 Å². The Hall–Kier alpha value is -2.50. The van der Waals surface area contributed by atoms with Gasteiger partial charge in [-0.15, -0.1) is 0 Å². The summed E-state index contributed by atoms with van der Waals surface area (Å²) in [6, 6.07) is 5.83. The molecule has 1 aliphatic heterocycles. The van der Waals surface area contributed by atoms with E-state index in [2.05, 4.69) is 33.9 Å². The second-order valence-corrected chi connectivity index (χ2v) is 6.53. The van der Waals surface area contributed by atoms with Crippen molar-refractivity contribution in [3.8, 4) is 11.3 Å². The molecule has 0 N–H and O–H groups in total. The predicted molar refractivity (Wildman–Crippen MR) is 84.6 cm³/mol. The number of anilines is 1. The highest BCUT2D eigenvalue weighted by Gasteiger charge is 2.30. The highest BCUT2D eigenvalue weighted by molar-refractivity contribution is 5.77. The number of hydrogen-bond donors (Lipinski definition) is 0. The molecule has 3 aromatic heterocycles. The third-order valence-corrected chi connectivity index (χ3v) is 4.18. The maximum atomic E-state index is 4.75. The van der Waals surface area contributed by atoms with Gasteiger partial charge in [0.05, 0.1) is 17.4 Å². The number of rotatable bonds is 2. The van der Waals surface area contributed by atoms with Crippen LogP contribution in [0.3, 0.4) is 0 Å². The molecule has 0 aliphatic carbocycles. The number of aromatic nitrogens is 5. The molecule has 0 unspecified atom stereocenters. The van der Waals surface area contributed by atoms with Gasteiger partial charge >= 0.3 is 0 Å². The van der Waals surface area contributed by atoms with E-state index in [0.717, 1.165) is 35.8 Å². The van der Waals surface area contributed by atoms with Gasteiger partial charge in [0.1, 0.15) is 0 Å². The minimum absolute atomic E-state index is 0.327. The molecule has 1 fully saturated rings. The van der Waals surface area contributed by atoms with Crippen LogP contribution in [0, 0.1) is 5.41 Å². The van der Waals surface area contributed by atoms with Crippen LogP contribution in [-0.2, 0) is 0 Å². The van der Waals surface area contributed by atoms with Crippen molar-refractivity contribution in [1.29, 1.82) is 0 Å². The number of nitrogens with zero attached hydrogens (tertiary/aromatic N) is 6. The minimum atomic E-state index is 0.327. The molecule has 0 aromatic carbocycles. The molecule has 0 radical (unpaired) electrons. The average Bonchev–Trinajstić information content (AvgIpc) is 3.10. The fraction of sp³-hybridized carbons (Fsp3) is 0.375. The van der Waals surface area contributed by atoms with Gasteiger partial charge in [0.2, 0.25) is 5.95 Å². The molecule has 0 bridgehead atoms. The minimum Gasteiger partial charge on any atom is -0.340 e. The Bertz CT molecular complexity index is 822. The van der Waals surface area contributed by atoms with Crippen LogP contribution in [0.4, 0.5) is 5.95 Å². The summed E-state index contributed by atoms with van der Waals surface area (Å²) in [4.78, 5) is 11.5. The summed E-state index contributed by atoms with van der Waals surface area (Å²) < 4.78 is 1.62. The topological polar surface area (TPSA) is 59.2 Å². The van der Waals surface area contributed by atoms with Crippen LogP contribution in [0.5, 0.6) is 0 Å². The van der Waals surface area contributed by atoms with Crippen molar-refractivity contribution in [2.45, 2.75) is 20.3 Å². The molecule has 4 rings (SSSR count). The highest BCUT2D eigenvalue weighted by atomic mass is 15.4. The van der Waals surface area contributed by atoms with Crippen LogP contribution in [-0.4, -0.2) is 37.9 Å². The van der Waals surface area contributed by atoms with Crippen LogP contribution >= 0.6 is 0 Å². The van der Waals surface area contributed by atoms with Gasteiger partial charge in [-0.3, -0.25) is 0 Å². The second-order valence-electron chi connectivity index (χ2n) is 6.53. The van der Waals surface area contributed by atoms with Gasteiger partial charge in [-0.2, -0.15) is 14.8 Å². The van der Waals surface area contributed by atoms with Crippen molar-refractivity contribution in [2.24, 2.45) is 5.41 Å². The quantitative estimate of drug-likeness (QED) is 0.726. The standard InChI is InChI=1S/C16H18N6/c1-16(2)6-9-21(11-16)15-17-8-5-13(20-15)12-10-19-22-14(12)4-3-7-18-22/h3-5,7-8,10H,6,9,11H2,1-2H3. The molecule has 112 valence electrons. The summed E-state index contributed by atoms with van der Waals surface area (Å²) in [5.41, 5.74) is 3.15. The van der Waals surface area contributed by atoms with Gasteiger partial charge in [0, 0.05) is 31.0 Å². The third kappa shape index (κ3) is 2.20. The Morgan fingerprint density at radius 1 is 1.14 bits per heavy atom. The SMILES string of the molecule is CC1(C)CCN(c2nccc(-c3cnn4ncccc34)n2)C1. The monoisotopic (exact) mass is 294 g/mol. The van der Waals surface area contributed by atoms with E-state index in [0.29, 0.717) is 5.41 Å². The third-order valence-electron chi connectivity index (χ3n) is 4.18. The first-order valence-electron chi connectivity index (χ1n) is 7.50. The van der Waals surface area contributed by atoms with Crippen molar-refractivity contribution in [3.63, 3.8) is 0 Å². The molecule has 6 nitrogen and oxygen atoms in total. The summed E-state index contributed by atoms with van der Waals surface area (Å²) in [5.74, 6) is 0.798. The zero-order chi connectivity index (χ0) is 15.2. The molecule has 0 spiro atoms. The lowest BCUT2D eigenvalue weighted by Crippen LogP contribution is -2.24. The van der Waals surface area contributed by atoms with Gasteiger partial charge in [-0.25, -0.2) is 9.97 Å². The highest BCUT2D eigenvalue weighted by Crippen LogP contribution is 2.31. The summed E-state index contributed by atoms with van der Waals surface area (Å²) in [7, 11) is 0. The van der Waals surface area contributed by atoms with E-state index in [9.17, 15) is 0 Å². The number of fused-ring (bicyclic) bond motifs is 1. The average molecular weight is 294 g/mol. The summed E-state index contributed by atoms with van der Waals surface area (Å²) in [6.45, 7) is 6.57. The first-order valence-corrected chi connectivity index (χ1v) is 7.50. The maximum Gasteiger partial charge on any atom is 0.225 e. The largest absolute Gasteiger partial charge is 0.340 e. The van der Waals surface area contributed by atoms with Crippen LogP contribution in [0.1, 0.15) is 20.3 Å². The molecule has 0 atom stereocenters. The molecule has 1 saturated heterocycles. The second kappa shape index (κ2) is 4.76. The molecule has 0 saturated carbocycles. The van der Waals surface area contributed by atoms with E-state index >= 15 is 0 Å². The van der Waals surface area contributed by atoms with Gasteiger partial charge in [-0.1, -0.05) is 13.8 Å². The molecule has 6 heteroatoms. The summed E-state index contributed by atoms with van der Waals surface area (Å²) in [6.07, 6.45) is 6.52. The van der Waals surface area contributed by atoms with E-state index < -0.39 is 0 Å². The Balaban J connectivity index is 1.73. The van der Waals surface area contributed by atoms with Gasteiger partial charge in [-0.05, 0) is 30.0 Å². The Labute approximate surface area is 128 Å². The summed E-state index contributed by atoms with van der Waals surface area (Å²) in [5, 5.41) is 8.47. The lowest BCUT2D eigenvalue weighted by molar-refractivity contribution is 0.418. The molecule has 1 aliphatic rings. The normalized spacial score (nSPS) is 17.3. The lowest BCUT2D eigenvalue weighted by atomic mass is 9.93. The van der Waals surface area contributed by atoms with Gasteiger partial charge in [0.15, 0.2) is 0 Å². The van der Waals surface area contributed by atoms with Crippen LogP contribution in [0.25, 0.3) is 16.8 Å². The Morgan fingerprint density at radius 2 is 2.05 bits per heavy atom. The van der Waals surface area contributed by atoms with E-state index in [-0.39, 0.29) is 0 Å². The fourth-order valence-corrected chi connectivity index (χ4v) is 2.96. The molecule has 0 amide bonds. The Kier molecular flexibility index (Phi) is 2.85. The van der Waals surface area contributed by atoms with Crippen LogP contribution in [0.15, 0.2) is 36.8 Å². The zero-order valence-corrected chi connectivity index (χ0v) is 12.8. The van der Waals surface area contributed by atoms with E-state index in [4.69, 9.17) is 4.98 Å². The first-order chi connectivity index (χ1) is 10.6. The van der Waals surface area contributed by atoms with E-state index in [1.807, 2.05) is 30.6 Å². The summed E-state index contributed by atoms with van der Waals surface area (Å²) >= 11 is 0. The smallest absolute Gasteiger partial charge is 0.225 e. The number of hydrogen-bond acceptors (Lipinski definition) is 5. The molecule has 22 heavy (non-hydrogen) atoms. The van der Waals surface area contributed by atoms with Crippen molar-refractivity contribution < 1.29 is 0 Å². The van der Waals surface area contributed by atoms with Crippen molar-refractivity contribution >= 4 is 11.5 Å². The van der Waals surface area contributed by atoms with E-state index in [1.54, 1.807) is 10.8 Å². The van der Waals surface area contributed by atoms with Crippen molar-refractivity contribution in [1.82, 2.24) is 24.8 Å². The van der Waals surface area contributed by atoms with E-state index in [1.165, 1.54) is 6.42 Å². The van der Waals surface area contributed by atoms with Gasteiger partial charge < -0.3 is 4.90 Å². The first kappa shape index (κ1) is 13.2. The van der Waals surface area contributed by atoms with Gasteiger partial charge in [0.25, 0.3) is 0 Å². The Morgan fingerprint density at radius 3 is 2.86 bits per heavy atom.